The Morgan fingerprint density at radius 2 is 1.71 bits per heavy atom. The van der Waals surface area contributed by atoms with Crippen LogP contribution in [0.3, 0.4) is 0 Å². The molecule has 1 heterocycles. The molecule has 2 atom stereocenters. The van der Waals surface area contributed by atoms with Crippen LogP contribution in [0.25, 0.3) is 5.32 Å². The van der Waals surface area contributed by atoms with E-state index in [0.717, 1.165) is 18.4 Å². The molecule has 1 aliphatic rings. The molecule has 0 bridgehead atoms. The fraction of sp³-hybridized carbons (Fsp3) is 0.917. The van der Waals surface area contributed by atoms with Gasteiger partial charge in [-0.2, -0.15) is 13.8 Å². The second-order valence-electron chi connectivity index (χ2n) is 4.37. The summed E-state index contributed by atoms with van der Waals surface area (Å²) in [5, 5.41) is 4.53. The van der Waals surface area contributed by atoms with E-state index in [1.807, 2.05) is 20.3 Å². The smallest absolute Gasteiger partial charge is 0 e. The summed E-state index contributed by atoms with van der Waals surface area (Å²) >= 11 is 0. The molecule has 0 amide bonds. The Hall–Kier alpha value is 1.06. The van der Waals surface area contributed by atoms with Crippen molar-refractivity contribution in [2.45, 2.75) is 53.5 Å². The average molecular weight is 272 g/mol. The zero-order valence-corrected chi connectivity index (χ0v) is 13.3. The third-order valence-corrected chi connectivity index (χ3v) is 2.55. The van der Waals surface area contributed by atoms with Gasteiger partial charge in [-0.25, -0.2) is 0 Å². The first-order valence-corrected chi connectivity index (χ1v) is 5.52. The normalized spacial score (nSPS) is 26.1. The Balaban J connectivity index is 0. The summed E-state index contributed by atoms with van der Waals surface area (Å²) < 4.78 is 0. The number of rotatable bonds is 1. The molecule has 0 unspecified atom stereocenters. The van der Waals surface area contributed by atoms with Gasteiger partial charge in [0.1, 0.15) is 0 Å². The predicted molar refractivity (Wildman–Crippen MR) is 60.9 cm³/mol. The van der Waals surface area contributed by atoms with Crippen LogP contribution in [0.4, 0.5) is 0 Å². The van der Waals surface area contributed by atoms with Crippen molar-refractivity contribution in [3.8, 4) is 0 Å². The Morgan fingerprint density at radius 3 is 2.00 bits per heavy atom. The molecule has 14 heavy (non-hydrogen) atoms. The summed E-state index contributed by atoms with van der Waals surface area (Å²) in [5.41, 5.74) is 0. The van der Waals surface area contributed by atoms with E-state index in [0.29, 0.717) is 6.04 Å². The van der Waals surface area contributed by atoms with Gasteiger partial charge in [-0.1, -0.05) is 39.5 Å². The van der Waals surface area contributed by atoms with Crippen molar-refractivity contribution in [1.29, 1.82) is 0 Å². The van der Waals surface area contributed by atoms with Crippen molar-refractivity contribution >= 4 is 0 Å². The summed E-state index contributed by atoms with van der Waals surface area (Å²) in [5.74, 6) is 1.70. The van der Waals surface area contributed by atoms with Crippen molar-refractivity contribution in [2.75, 3.05) is 6.54 Å². The van der Waals surface area contributed by atoms with E-state index in [1.165, 1.54) is 12.8 Å². The molecule has 1 radical (unpaired) electrons. The van der Waals surface area contributed by atoms with Gasteiger partial charge in [-0.15, -0.1) is 12.6 Å². The molecule has 1 rings (SSSR count). The fourth-order valence-electron chi connectivity index (χ4n) is 1.50. The van der Waals surface area contributed by atoms with Gasteiger partial charge in [0.25, 0.3) is 0 Å². The molecule has 0 aromatic rings. The van der Waals surface area contributed by atoms with Crippen LogP contribution < -0.4 is 0 Å². The molecular formula is C12H25NY-2. The van der Waals surface area contributed by atoms with E-state index in [-0.39, 0.29) is 32.7 Å². The first-order chi connectivity index (χ1) is 6.11. The molecule has 0 aliphatic carbocycles. The van der Waals surface area contributed by atoms with Crippen molar-refractivity contribution in [1.82, 2.24) is 0 Å². The summed E-state index contributed by atoms with van der Waals surface area (Å²) in [6, 6.07) is 0.634. The first-order valence-electron chi connectivity index (χ1n) is 5.52. The van der Waals surface area contributed by atoms with Crippen molar-refractivity contribution < 1.29 is 32.7 Å². The molecule has 1 nitrogen and oxygen atoms in total. The Labute approximate surface area is 116 Å². The number of piperidine rings is 1. The Morgan fingerprint density at radius 1 is 1.21 bits per heavy atom. The standard InChI is InChI=1S/C9H18N.C3H7.Y/c1-7(2)9-5-4-8(3)10-6-9;1-3-2;/h7-9H,4-6H2,1-3H3;3H,1-2H3;/q2*-1;/t8-,9-;;/m1../s1. The van der Waals surface area contributed by atoms with Crippen LogP contribution in [-0.4, -0.2) is 12.6 Å². The minimum atomic E-state index is 0. The zero-order valence-electron chi connectivity index (χ0n) is 10.5. The van der Waals surface area contributed by atoms with Crippen LogP contribution in [0.2, 0.25) is 0 Å². The summed E-state index contributed by atoms with van der Waals surface area (Å²) in [4.78, 5) is 0. The first kappa shape index (κ1) is 17.5. The van der Waals surface area contributed by atoms with Crippen LogP contribution in [0.1, 0.15) is 47.5 Å². The third kappa shape index (κ3) is 8.38. The molecule has 0 saturated carbocycles. The number of nitrogens with zero attached hydrogens (tertiary/aromatic N) is 1. The Kier molecular flexibility index (Phi) is 13.2. The van der Waals surface area contributed by atoms with E-state index in [9.17, 15) is 0 Å². The van der Waals surface area contributed by atoms with Crippen LogP contribution in [0.5, 0.6) is 0 Å². The number of hydrogen-bond donors (Lipinski definition) is 0. The fourth-order valence-corrected chi connectivity index (χ4v) is 1.50. The second kappa shape index (κ2) is 10.6. The molecular weight excluding hydrogens is 247 g/mol. The number of hydrogen-bond acceptors (Lipinski definition) is 0. The maximum atomic E-state index is 4.53. The third-order valence-electron chi connectivity index (χ3n) is 2.55. The summed E-state index contributed by atoms with van der Waals surface area (Å²) in [7, 11) is 0. The van der Waals surface area contributed by atoms with E-state index < -0.39 is 0 Å². The SMILES string of the molecule is CC(C)[C@@H]1CC[C@@H](C)[N-]C1.C[CH-]C.[Y]. The average Bonchev–Trinajstić information content (AvgIpc) is 2.06. The van der Waals surface area contributed by atoms with Gasteiger partial charge >= 0.3 is 0 Å². The molecule has 0 N–H and O–H groups in total. The molecule has 1 saturated heterocycles. The van der Waals surface area contributed by atoms with Crippen molar-refractivity contribution in [2.24, 2.45) is 11.8 Å². The van der Waals surface area contributed by atoms with Gasteiger partial charge in [0.2, 0.25) is 0 Å². The Bertz CT molecular complexity index is 107. The maximum absolute atomic E-state index is 4.53. The quantitative estimate of drug-likeness (QED) is 0.639. The topological polar surface area (TPSA) is 14.1 Å². The van der Waals surface area contributed by atoms with Crippen LogP contribution in [0, 0.1) is 18.3 Å². The minimum Gasteiger partial charge on any atom is -0.660 e. The van der Waals surface area contributed by atoms with E-state index >= 15 is 0 Å². The van der Waals surface area contributed by atoms with Gasteiger partial charge in [0.15, 0.2) is 0 Å². The molecule has 1 fully saturated rings. The predicted octanol–water partition coefficient (Wildman–Crippen LogP) is 4.04. The zero-order chi connectivity index (χ0) is 10.3. The second-order valence-corrected chi connectivity index (χ2v) is 4.37. The monoisotopic (exact) mass is 272 g/mol. The van der Waals surface area contributed by atoms with Crippen molar-refractivity contribution in [3.05, 3.63) is 11.7 Å². The van der Waals surface area contributed by atoms with Crippen LogP contribution in [-0.2, 0) is 32.7 Å². The largest absolute Gasteiger partial charge is 0.660 e. The van der Waals surface area contributed by atoms with E-state index in [1.54, 1.807) is 0 Å². The van der Waals surface area contributed by atoms with Gasteiger partial charge in [0.05, 0.1) is 0 Å². The van der Waals surface area contributed by atoms with Gasteiger partial charge in [-0.3, -0.25) is 0 Å². The minimum absolute atomic E-state index is 0. The molecule has 1 aliphatic heterocycles. The van der Waals surface area contributed by atoms with E-state index in [2.05, 4.69) is 26.1 Å². The molecule has 2 heteroatoms. The maximum Gasteiger partial charge on any atom is 0 e. The molecule has 0 aromatic carbocycles. The van der Waals surface area contributed by atoms with Crippen LogP contribution >= 0.6 is 0 Å². The summed E-state index contributed by atoms with van der Waals surface area (Å²) in [6.07, 6.45) is 4.70. The van der Waals surface area contributed by atoms with Crippen molar-refractivity contribution in [3.63, 3.8) is 0 Å². The van der Waals surface area contributed by atoms with Gasteiger partial charge in [0, 0.05) is 32.7 Å². The molecule has 83 valence electrons. The molecule has 0 spiro atoms. The van der Waals surface area contributed by atoms with Gasteiger partial charge < -0.3 is 11.7 Å². The molecule has 0 aromatic heterocycles. The van der Waals surface area contributed by atoms with Gasteiger partial charge in [-0.05, 0) is 5.92 Å². The van der Waals surface area contributed by atoms with E-state index in [4.69, 9.17) is 0 Å². The summed E-state index contributed by atoms with van der Waals surface area (Å²) in [6.45, 7) is 11.9. The van der Waals surface area contributed by atoms with Crippen LogP contribution in [0.15, 0.2) is 0 Å².